The maximum Gasteiger partial charge on any atom is 0.323 e. The van der Waals surface area contributed by atoms with Crippen molar-refractivity contribution >= 4 is 30.6 Å². The molecular formula is C29H36O4Si. The second kappa shape index (κ2) is 8.67. The lowest BCUT2D eigenvalue weighted by Crippen LogP contribution is -2.67. The molecule has 180 valence electrons. The summed E-state index contributed by atoms with van der Waals surface area (Å²) < 4.78 is 12.6. The van der Waals surface area contributed by atoms with Gasteiger partial charge in [-0.25, -0.2) is 0 Å². The molecule has 0 amide bonds. The summed E-state index contributed by atoms with van der Waals surface area (Å²) in [7, 11) is -3.02. The third kappa shape index (κ3) is 4.24. The highest BCUT2D eigenvalue weighted by Gasteiger charge is 2.55. The number of ether oxygens (including phenoxy) is 1. The van der Waals surface area contributed by atoms with E-state index in [0.717, 1.165) is 29.6 Å². The second-order valence-electron chi connectivity index (χ2n) is 11.9. The maximum absolute atomic E-state index is 13.4. The van der Waals surface area contributed by atoms with Crippen LogP contribution in [0.4, 0.5) is 0 Å². The molecule has 2 aromatic carbocycles. The Hall–Kier alpha value is -2.40. The Labute approximate surface area is 204 Å². The predicted molar refractivity (Wildman–Crippen MR) is 135 cm³/mol. The van der Waals surface area contributed by atoms with Crippen LogP contribution in [0.2, 0.25) is 5.04 Å². The van der Waals surface area contributed by atoms with Crippen molar-refractivity contribution in [2.75, 3.05) is 0 Å². The van der Waals surface area contributed by atoms with Crippen LogP contribution in [0.15, 0.2) is 60.7 Å². The van der Waals surface area contributed by atoms with Crippen LogP contribution >= 0.6 is 0 Å². The fourth-order valence-corrected chi connectivity index (χ4v) is 11.8. The molecule has 6 rings (SSSR count). The molecule has 0 saturated heterocycles. The van der Waals surface area contributed by atoms with Crippen LogP contribution < -0.4 is 10.4 Å². The first-order valence-corrected chi connectivity index (χ1v) is 14.6. The van der Waals surface area contributed by atoms with Gasteiger partial charge in [0.15, 0.2) is 0 Å². The number of carbonyl (C=O) groups excluding carboxylic acids is 2. The maximum atomic E-state index is 13.4. The molecule has 4 aliphatic carbocycles. The first-order chi connectivity index (χ1) is 16.2. The van der Waals surface area contributed by atoms with Crippen LogP contribution in [-0.4, -0.2) is 25.9 Å². The van der Waals surface area contributed by atoms with E-state index in [1.54, 1.807) is 0 Å². The summed E-state index contributed by atoms with van der Waals surface area (Å²) in [4.78, 5) is 26.4. The van der Waals surface area contributed by atoms with Gasteiger partial charge in [0.05, 0.1) is 0 Å². The molecule has 0 aromatic heterocycles. The molecule has 4 fully saturated rings. The highest BCUT2D eigenvalue weighted by molar-refractivity contribution is 7.00. The van der Waals surface area contributed by atoms with Crippen molar-refractivity contribution in [2.24, 2.45) is 17.8 Å². The van der Waals surface area contributed by atoms with Gasteiger partial charge in [-0.1, -0.05) is 81.4 Å². The minimum Gasteiger partial charge on any atom is -0.509 e. The standard InChI is InChI=1S/C29H36O4Si/c1-28(2,3)34(24-10-6-4-7-11-24,25-12-8-5-9-13-25)33-27(31)17-26(30)32-29-18-21-14-22(19-29)16-23(15-21)20-29/h4-13,21-23H,14-20H2,1-3H3. The van der Waals surface area contributed by atoms with Gasteiger partial charge in [0.25, 0.3) is 0 Å². The van der Waals surface area contributed by atoms with Crippen molar-refractivity contribution in [1.29, 1.82) is 0 Å². The van der Waals surface area contributed by atoms with E-state index in [0.29, 0.717) is 17.8 Å². The van der Waals surface area contributed by atoms with E-state index in [1.807, 2.05) is 60.7 Å². The van der Waals surface area contributed by atoms with Crippen LogP contribution in [0.1, 0.15) is 65.7 Å². The Kier molecular flexibility index (Phi) is 5.95. The topological polar surface area (TPSA) is 52.6 Å². The summed E-state index contributed by atoms with van der Waals surface area (Å²) in [6.07, 6.45) is 6.43. The van der Waals surface area contributed by atoms with Gasteiger partial charge in [-0.05, 0) is 71.7 Å². The molecule has 4 saturated carbocycles. The average molecular weight is 477 g/mol. The van der Waals surface area contributed by atoms with Crippen molar-refractivity contribution in [2.45, 2.75) is 76.4 Å². The first kappa shape index (κ1) is 23.3. The van der Waals surface area contributed by atoms with Gasteiger partial charge < -0.3 is 9.16 Å². The third-order valence-corrected chi connectivity index (χ3v) is 13.2. The molecule has 5 heteroatoms. The van der Waals surface area contributed by atoms with E-state index in [2.05, 4.69) is 20.8 Å². The minimum absolute atomic E-state index is 0.324. The summed E-state index contributed by atoms with van der Waals surface area (Å²) in [6, 6.07) is 20.1. The average Bonchev–Trinajstić information content (AvgIpc) is 2.76. The smallest absolute Gasteiger partial charge is 0.323 e. The van der Waals surface area contributed by atoms with Gasteiger partial charge in [0.1, 0.15) is 12.0 Å². The first-order valence-electron chi connectivity index (χ1n) is 12.7. The number of hydrogen-bond acceptors (Lipinski definition) is 4. The molecule has 4 aliphatic rings. The van der Waals surface area contributed by atoms with Crippen molar-refractivity contribution in [3.63, 3.8) is 0 Å². The highest BCUT2D eigenvalue weighted by Crippen LogP contribution is 2.57. The fraction of sp³-hybridized carbons (Fsp3) is 0.517. The van der Waals surface area contributed by atoms with Crippen LogP contribution in [0, 0.1) is 17.8 Å². The van der Waals surface area contributed by atoms with Crippen molar-refractivity contribution < 1.29 is 18.8 Å². The summed E-state index contributed by atoms with van der Waals surface area (Å²) in [5.41, 5.74) is -0.344. The summed E-state index contributed by atoms with van der Waals surface area (Å²) in [5, 5.41) is 1.72. The zero-order chi connectivity index (χ0) is 24.0. The van der Waals surface area contributed by atoms with Gasteiger partial charge >= 0.3 is 20.3 Å². The van der Waals surface area contributed by atoms with Gasteiger partial charge in [-0.15, -0.1) is 0 Å². The van der Waals surface area contributed by atoms with Crippen molar-refractivity contribution in [1.82, 2.24) is 0 Å². The molecule has 2 aromatic rings. The van der Waals surface area contributed by atoms with Crippen LogP contribution in [-0.2, 0) is 18.8 Å². The van der Waals surface area contributed by atoms with Crippen LogP contribution in [0.5, 0.6) is 0 Å². The number of benzene rings is 2. The predicted octanol–water partition coefficient (Wildman–Crippen LogP) is 4.99. The Morgan fingerprint density at radius 3 is 1.65 bits per heavy atom. The molecule has 34 heavy (non-hydrogen) atoms. The Bertz CT molecular complexity index is 966. The van der Waals surface area contributed by atoms with Crippen molar-refractivity contribution in [3.05, 3.63) is 60.7 Å². The lowest BCUT2D eigenvalue weighted by molar-refractivity contribution is -0.187. The van der Waals surface area contributed by atoms with E-state index in [1.165, 1.54) is 19.3 Å². The van der Waals surface area contributed by atoms with E-state index >= 15 is 0 Å². The monoisotopic (exact) mass is 476 g/mol. The van der Waals surface area contributed by atoms with Gasteiger partial charge in [-0.2, -0.15) is 0 Å². The number of rotatable bonds is 6. The molecule has 0 spiro atoms. The van der Waals surface area contributed by atoms with Crippen LogP contribution in [0.25, 0.3) is 0 Å². The summed E-state index contributed by atoms with van der Waals surface area (Å²) >= 11 is 0. The van der Waals surface area contributed by atoms with E-state index in [9.17, 15) is 9.59 Å². The Balaban J connectivity index is 1.38. The zero-order valence-corrected chi connectivity index (χ0v) is 21.6. The van der Waals surface area contributed by atoms with E-state index in [-0.39, 0.29) is 17.1 Å². The van der Waals surface area contributed by atoms with Gasteiger partial charge in [0, 0.05) is 0 Å². The largest absolute Gasteiger partial charge is 0.509 e. The molecule has 4 bridgehead atoms. The van der Waals surface area contributed by atoms with Crippen molar-refractivity contribution in [3.8, 4) is 0 Å². The van der Waals surface area contributed by atoms with Crippen LogP contribution in [0.3, 0.4) is 0 Å². The summed E-state index contributed by atoms with van der Waals surface area (Å²) in [6.45, 7) is 6.38. The molecule has 0 aliphatic heterocycles. The normalized spacial score (nSPS) is 27.9. The second-order valence-corrected chi connectivity index (χ2v) is 16.1. The Morgan fingerprint density at radius 2 is 1.24 bits per heavy atom. The number of esters is 1. The van der Waals surface area contributed by atoms with Gasteiger partial charge in [0.2, 0.25) is 0 Å². The molecular weight excluding hydrogens is 440 g/mol. The highest BCUT2D eigenvalue weighted by atomic mass is 28.4. The molecule has 0 N–H and O–H groups in total. The van der Waals surface area contributed by atoms with E-state index in [4.69, 9.17) is 9.16 Å². The molecule has 0 atom stereocenters. The quantitative estimate of drug-likeness (QED) is 0.335. The zero-order valence-electron chi connectivity index (χ0n) is 20.6. The Morgan fingerprint density at radius 1 is 0.794 bits per heavy atom. The molecule has 4 nitrogen and oxygen atoms in total. The molecule has 0 heterocycles. The fourth-order valence-electron chi connectivity index (χ4n) is 7.41. The third-order valence-electron chi connectivity index (χ3n) is 8.28. The number of carbonyl (C=O) groups is 2. The summed E-state index contributed by atoms with van der Waals surface area (Å²) in [5.74, 6) is 1.14. The lowest BCUT2D eigenvalue weighted by atomic mass is 9.54. The lowest BCUT2D eigenvalue weighted by Gasteiger charge is -2.55. The minimum atomic E-state index is -3.02. The molecule has 0 radical (unpaired) electrons. The van der Waals surface area contributed by atoms with E-state index < -0.39 is 20.3 Å². The number of hydrogen-bond donors (Lipinski definition) is 0. The SMILES string of the molecule is CC(C)(C)[Si](OC(=O)CC(=O)OC12CC3CC(CC(C3)C1)C2)(c1ccccc1)c1ccccc1. The molecule has 0 unspecified atom stereocenters. The van der Waals surface area contributed by atoms with Gasteiger partial charge in [-0.3, -0.25) is 9.59 Å².